The third-order valence-corrected chi connectivity index (χ3v) is 3.51. The lowest BCUT2D eigenvalue weighted by atomic mass is 9.97. The first-order valence-electron chi connectivity index (χ1n) is 6.25. The van der Waals surface area contributed by atoms with Crippen LogP contribution in [0.15, 0.2) is 0 Å². The fourth-order valence-electron chi connectivity index (χ4n) is 2.78. The summed E-state index contributed by atoms with van der Waals surface area (Å²) in [4.78, 5) is 0. The fraction of sp³-hybridized carbons (Fsp3) is 1.00. The van der Waals surface area contributed by atoms with Crippen molar-refractivity contribution in [3.05, 3.63) is 0 Å². The van der Waals surface area contributed by atoms with E-state index in [2.05, 4.69) is 0 Å². The van der Waals surface area contributed by atoms with E-state index in [1.54, 1.807) is 13.8 Å². The number of ether oxygens (including phenoxy) is 5. The summed E-state index contributed by atoms with van der Waals surface area (Å²) in [5, 5.41) is 10.5. The molecular weight excluding hydrogens is 240 g/mol. The minimum absolute atomic E-state index is 0.189. The van der Waals surface area contributed by atoms with Crippen LogP contribution in [-0.2, 0) is 23.7 Å². The van der Waals surface area contributed by atoms with Crippen LogP contribution in [0.1, 0.15) is 27.7 Å². The highest BCUT2D eigenvalue weighted by atomic mass is 16.9. The molecule has 0 aliphatic carbocycles. The first-order chi connectivity index (χ1) is 8.23. The van der Waals surface area contributed by atoms with E-state index < -0.39 is 29.6 Å². The van der Waals surface area contributed by atoms with Gasteiger partial charge in [0.1, 0.15) is 24.9 Å². The molecule has 1 spiro atoms. The van der Waals surface area contributed by atoms with Crippen LogP contribution >= 0.6 is 0 Å². The zero-order valence-corrected chi connectivity index (χ0v) is 11.1. The first-order valence-corrected chi connectivity index (χ1v) is 6.25. The van der Waals surface area contributed by atoms with Crippen LogP contribution in [0.25, 0.3) is 0 Å². The van der Waals surface area contributed by atoms with Gasteiger partial charge in [0.2, 0.25) is 5.79 Å². The van der Waals surface area contributed by atoms with E-state index in [1.807, 2.05) is 13.8 Å². The van der Waals surface area contributed by atoms with Gasteiger partial charge in [0.25, 0.3) is 0 Å². The largest absolute Gasteiger partial charge is 0.385 e. The number of aliphatic hydroxyl groups excluding tert-OH is 1. The van der Waals surface area contributed by atoms with Gasteiger partial charge in [-0.25, -0.2) is 0 Å². The molecule has 104 valence electrons. The molecule has 0 bridgehead atoms. The highest BCUT2D eigenvalue weighted by Gasteiger charge is 2.62. The van der Waals surface area contributed by atoms with E-state index in [9.17, 15) is 5.11 Å². The lowest BCUT2D eigenvalue weighted by molar-refractivity contribution is -0.326. The predicted octanol–water partition coefficient (Wildman–Crippen LogP) is 0.377. The van der Waals surface area contributed by atoms with E-state index >= 15 is 0 Å². The molecule has 0 amide bonds. The van der Waals surface area contributed by atoms with E-state index in [-0.39, 0.29) is 12.7 Å². The summed E-state index contributed by atoms with van der Waals surface area (Å²) in [7, 11) is 0. The molecule has 4 atom stereocenters. The molecule has 6 nitrogen and oxygen atoms in total. The fourth-order valence-corrected chi connectivity index (χ4v) is 2.78. The molecule has 0 unspecified atom stereocenters. The molecule has 6 heteroatoms. The SMILES string of the molecule is CC1(C)O[C@H]2[C@H](CO[C@]3(COC(C)(C)O3)[C@@H]2O)O1. The topological polar surface area (TPSA) is 66.4 Å². The average molecular weight is 260 g/mol. The number of aliphatic hydroxyl groups is 1. The molecule has 0 radical (unpaired) electrons. The zero-order valence-electron chi connectivity index (χ0n) is 11.1. The molecule has 3 saturated heterocycles. The highest BCUT2D eigenvalue weighted by molar-refractivity contribution is 5.00. The van der Waals surface area contributed by atoms with Crippen molar-refractivity contribution in [3.8, 4) is 0 Å². The Morgan fingerprint density at radius 1 is 1.00 bits per heavy atom. The molecule has 0 aromatic heterocycles. The Balaban J connectivity index is 1.82. The van der Waals surface area contributed by atoms with Crippen molar-refractivity contribution in [2.24, 2.45) is 0 Å². The summed E-state index contributed by atoms with van der Waals surface area (Å²) in [6, 6.07) is 0. The van der Waals surface area contributed by atoms with Gasteiger partial charge < -0.3 is 28.8 Å². The summed E-state index contributed by atoms with van der Waals surface area (Å²) in [5.74, 6) is -2.61. The van der Waals surface area contributed by atoms with Gasteiger partial charge in [0.05, 0.1) is 6.61 Å². The maximum atomic E-state index is 10.5. The summed E-state index contributed by atoms with van der Waals surface area (Å²) < 4.78 is 28.3. The molecule has 0 aromatic rings. The van der Waals surface area contributed by atoms with Crippen molar-refractivity contribution < 1.29 is 28.8 Å². The summed E-state index contributed by atoms with van der Waals surface area (Å²) in [5.41, 5.74) is 0. The number of rotatable bonds is 0. The Morgan fingerprint density at radius 2 is 1.72 bits per heavy atom. The number of hydrogen-bond acceptors (Lipinski definition) is 6. The molecule has 18 heavy (non-hydrogen) atoms. The second-order valence-electron chi connectivity index (χ2n) is 6.00. The van der Waals surface area contributed by atoms with E-state index in [0.717, 1.165) is 0 Å². The Morgan fingerprint density at radius 3 is 2.33 bits per heavy atom. The Kier molecular flexibility index (Phi) is 2.59. The van der Waals surface area contributed by atoms with Crippen molar-refractivity contribution in [2.45, 2.75) is 63.4 Å². The average Bonchev–Trinajstić information content (AvgIpc) is 2.71. The van der Waals surface area contributed by atoms with Gasteiger partial charge in [0.15, 0.2) is 11.6 Å². The normalized spacial score (nSPS) is 49.5. The van der Waals surface area contributed by atoms with Crippen LogP contribution < -0.4 is 0 Å². The van der Waals surface area contributed by atoms with Crippen molar-refractivity contribution in [1.82, 2.24) is 0 Å². The van der Waals surface area contributed by atoms with Gasteiger partial charge in [-0.1, -0.05) is 0 Å². The van der Waals surface area contributed by atoms with Crippen LogP contribution in [-0.4, -0.2) is 54.0 Å². The Labute approximate surface area is 106 Å². The monoisotopic (exact) mass is 260 g/mol. The van der Waals surface area contributed by atoms with E-state index in [0.29, 0.717) is 6.61 Å². The molecule has 3 aliphatic rings. The lowest BCUT2D eigenvalue weighted by Crippen LogP contribution is -2.61. The molecule has 0 saturated carbocycles. The summed E-state index contributed by atoms with van der Waals surface area (Å²) in [6.07, 6.45) is -1.65. The minimum atomic E-state index is -1.14. The van der Waals surface area contributed by atoms with Gasteiger partial charge >= 0.3 is 0 Å². The molecule has 3 aliphatic heterocycles. The van der Waals surface area contributed by atoms with Crippen LogP contribution in [0.3, 0.4) is 0 Å². The van der Waals surface area contributed by atoms with Crippen molar-refractivity contribution in [2.75, 3.05) is 13.2 Å². The molecule has 3 fully saturated rings. The maximum Gasteiger partial charge on any atom is 0.224 e. The first kappa shape index (κ1) is 12.8. The van der Waals surface area contributed by atoms with Crippen LogP contribution in [0, 0.1) is 0 Å². The molecule has 0 aromatic carbocycles. The van der Waals surface area contributed by atoms with Crippen LogP contribution in [0.4, 0.5) is 0 Å². The number of fused-ring (bicyclic) bond motifs is 1. The smallest absolute Gasteiger partial charge is 0.224 e. The second kappa shape index (κ2) is 3.65. The third kappa shape index (κ3) is 1.88. The Hall–Kier alpha value is -0.240. The molecule has 1 N–H and O–H groups in total. The zero-order chi connectivity index (χ0) is 13.2. The third-order valence-electron chi connectivity index (χ3n) is 3.51. The van der Waals surface area contributed by atoms with Gasteiger partial charge in [-0.3, -0.25) is 0 Å². The summed E-state index contributed by atoms with van der Waals surface area (Å²) >= 11 is 0. The quantitative estimate of drug-likeness (QED) is 0.679. The van der Waals surface area contributed by atoms with Gasteiger partial charge in [-0.15, -0.1) is 0 Å². The minimum Gasteiger partial charge on any atom is -0.385 e. The second-order valence-corrected chi connectivity index (χ2v) is 6.00. The van der Waals surface area contributed by atoms with Crippen LogP contribution in [0.5, 0.6) is 0 Å². The van der Waals surface area contributed by atoms with Crippen molar-refractivity contribution in [3.63, 3.8) is 0 Å². The highest BCUT2D eigenvalue weighted by Crippen LogP contribution is 2.43. The van der Waals surface area contributed by atoms with Crippen LogP contribution in [0.2, 0.25) is 0 Å². The molecule has 3 heterocycles. The van der Waals surface area contributed by atoms with Crippen molar-refractivity contribution >= 4 is 0 Å². The number of hydrogen-bond donors (Lipinski definition) is 1. The van der Waals surface area contributed by atoms with E-state index in [4.69, 9.17) is 23.7 Å². The summed E-state index contributed by atoms with van der Waals surface area (Å²) in [6.45, 7) is 7.74. The van der Waals surface area contributed by atoms with Gasteiger partial charge in [-0.2, -0.15) is 0 Å². The van der Waals surface area contributed by atoms with Crippen molar-refractivity contribution in [1.29, 1.82) is 0 Å². The van der Waals surface area contributed by atoms with Gasteiger partial charge in [-0.05, 0) is 27.7 Å². The standard InChI is InChI=1S/C12H20O6/c1-10(2)15-6-12(18-10)9(13)8-7(5-14-12)16-11(3,4)17-8/h7-9,13H,5-6H2,1-4H3/t7-,8-,9+,12-/m0/s1. The predicted molar refractivity (Wildman–Crippen MR) is 59.6 cm³/mol. The Bertz CT molecular complexity index is 352. The molecule has 3 rings (SSSR count). The molecular formula is C12H20O6. The lowest BCUT2D eigenvalue weighted by Gasteiger charge is -2.41. The van der Waals surface area contributed by atoms with Gasteiger partial charge in [0, 0.05) is 0 Å². The van der Waals surface area contributed by atoms with E-state index in [1.165, 1.54) is 0 Å². The maximum absolute atomic E-state index is 10.5.